The number of ether oxygens (including phenoxy) is 1. The standard InChI is InChI=1S/C18H18BrNO2/c1-3-17-16-10-13(19)6-9-15(16)18(21)20(17)11-12-4-7-14(22-2)8-5-12/h4-10,17H,3,11H2,1-2H3. The summed E-state index contributed by atoms with van der Waals surface area (Å²) in [5.41, 5.74) is 3.05. The van der Waals surface area contributed by atoms with Crippen LogP contribution in [0.2, 0.25) is 0 Å². The van der Waals surface area contributed by atoms with Gasteiger partial charge in [0, 0.05) is 16.6 Å². The van der Waals surface area contributed by atoms with E-state index in [0.29, 0.717) is 6.54 Å². The molecule has 0 aromatic heterocycles. The second-order valence-corrected chi connectivity index (χ2v) is 6.35. The summed E-state index contributed by atoms with van der Waals surface area (Å²) in [6.07, 6.45) is 0.908. The number of carbonyl (C=O) groups is 1. The maximum absolute atomic E-state index is 12.7. The van der Waals surface area contributed by atoms with Gasteiger partial charge in [0.1, 0.15) is 5.75 Å². The molecular formula is C18H18BrNO2. The van der Waals surface area contributed by atoms with Crippen molar-refractivity contribution >= 4 is 21.8 Å². The van der Waals surface area contributed by atoms with Crippen molar-refractivity contribution in [3.05, 3.63) is 63.6 Å². The lowest BCUT2D eigenvalue weighted by molar-refractivity contribution is 0.0706. The van der Waals surface area contributed by atoms with Crippen LogP contribution in [0.4, 0.5) is 0 Å². The van der Waals surface area contributed by atoms with Crippen molar-refractivity contribution in [2.75, 3.05) is 7.11 Å². The molecule has 1 unspecified atom stereocenters. The SMILES string of the molecule is CCC1c2cc(Br)ccc2C(=O)N1Cc1ccc(OC)cc1. The fourth-order valence-electron chi connectivity index (χ4n) is 3.02. The maximum Gasteiger partial charge on any atom is 0.255 e. The molecule has 22 heavy (non-hydrogen) atoms. The Morgan fingerprint density at radius 2 is 1.91 bits per heavy atom. The summed E-state index contributed by atoms with van der Waals surface area (Å²) < 4.78 is 6.20. The second kappa shape index (κ2) is 6.13. The molecule has 0 radical (unpaired) electrons. The predicted octanol–water partition coefficient (Wildman–Crippen LogP) is 4.56. The minimum atomic E-state index is 0.116. The van der Waals surface area contributed by atoms with Crippen molar-refractivity contribution in [2.45, 2.75) is 25.9 Å². The summed E-state index contributed by atoms with van der Waals surface area (Å²) in [5.74, 6) is 0.945. The molecule has 0 N–H and O–H groups in total. The summed E-state index contributed by atoms with van der Waals surface area (Å²) in [5, 5.41) is 0. The van der Waals surface area contributed by atoms with E-state index >= 15 is 0 Å². The molecule has 114 valence electrons. The highest BCUT2D eigenvalue weighted by Gasteiger charge is 2.35. The Hall–Kier alpha value is -1.81. The molecule has 0 saturated carbocycles. The molecular weight excluding hydrogens is 342 g/mol. The van der Waals surface area contributed by atoms with Crippen molar-refractivity contribution in [2.24, 2.45) is 0 Å². The topological polar surface area (TPSA) is 29.5 Å². The molecule has 3 rings (SSSR count). The van der Waals surface area contributed by atoms with Crippen LogP contribution in [0, 0.1) is 0 Å². The molecule has 0 saturated heterocycles. The molecule has 0 fully saturated rings. The second-order valence-electron chi connectivity index (χ2n) is 5.44. The Balaban J connectivity index is 1.89. The van der Waals surface area contributed by atoms with Gasteiger partial charge in [-0.25, -0.2) is 0 Å². The number of hydrogen-bond donors (Lipinski definition) is 0. The number of rotatable bonds is 4. The summed E-state index contributed by atoms with van der Waals surface area (Å²) in [4.78, 5) is 14.6. The number of carbonyl (C=O) groups excluding carboxylic acids is 1. The van der Waals surface area contributed by atoms with Gasteiger partial charge in [-0.05, 0) is 47.9 Å². The molecule has 0 bridgehead atoms. The monoisotopic (exact) mass is 359 g/mol. The summed E-state index contributed by atoms with van der Waals surface area (Å²) in [6.45, 7) is 2.74. The summed E-state index contributed by atoms with van der Waals surface area (Å²) in [7, 11) is 1.65. The highest BCUT2D eigenvalue weighted by molar-refractivity contribution is 9.10. The van der Waals surface area contributed by atoms with Crippen molar-refractivity contribution in [3.63, 3.8) is 0 Å². The van der Waals surface area contributed by atoms with E-state index in [4.69, 9.17) is 4.74 Å². The fourth-order valence-corrected chi connectivity index (χ4v) is 3.40. The summed E-state index contributed by atoms with van der Waals surface area (Å²) >= 11 is 3.50. The maximum atomic E-state index is 12.7. The lowest BCUT2D eigenvalue weighted by atomic mass is 10.0. The lowest BCUT2D eigenvalue weighted by Gasteiger charge is -2.24. The minimum absolute atomic E-state index is 0.116. The first-order chi connectivity index (χ1) is 10.6. The molecule has 1 amide bonds. The highest BCUT2D eigenvalue weighted by atomic mass is 79.9. The average molecular weight is 360 g/mol. The Bertz CT molecular complexity index is 697. The van der Waals surface area contributed by atoms with Gasteiger partial charge in [-0.1, -0.05) is 35.0 Å². The van der Waals surface area contributed by atoms with Gasteiger partial charge in [-0.2, -0.15) is 0 Å². The highest BCUT2D eigenvalue weighted by Crippen LogP contribution is 2.38. The Morgan fingerprint density at radius 1 is 1.18 bits per heavy atom. The van der Waals surface area contributed by atoms with E-state index in [1.165, 1.54) is 0 Å². The van der Waals surface area contributed by atoms with Crippen LogP contribution >= 0.6 is 15.9 Å². The van der Waals surface area contributed by atoms with Gasteiger partial charge in [0.15, 0.2) is 0 Å². The first kappa shape index (κ1) is 15.1. The molecule has 1 aliphatic heterocycles. The van der Waals surface area contributed by atoms with Gasteiger partial charge in [-0.15, -0.1) is 0 Å². The van der Waals surface area contributed by atoms with Crippen molar-refractivity contribution < 1.29 is 9.53 Å². The van der Waals surface area contributed by atoms with Gasteiger partial charge < -0.3 is 9.64 Å². The van der Waals surface area contributed by atoms with Crippen molar-refractivity contribution in [1.29, 1.82) is 0 Å². The van der Waals surface area contributed by atoms with Crippen LogP contribution in [0.15, 0.2) is 46.9 Å². The van der Waals surface area contributed by atoms with Crippen LogP contribution < -0.4 is 4.74 Å². The molecule has 3 nitrogen and oxygen atoms in total. The number of benzene rings is 2. The van der Waals surface area contributed by atoms with Crippen molar-refractivity contribution in [3.8, 4) is 5.75 Å². The van der Waals surface area contributed by atoms with Crippen LogP contribution in [-0.4, -0.2) is 17.9 Å². The minimum Gasteiger partial charge on any atom is -0.497 e. The van der Waals surface area contributed by atoms with Gasteiger partial charge in [0.25, 0.3) is 5.91 Å². The van der Waals surface area contributed by atoms with Gasteiger partial charge >= 0.3 is 0 Å². The van der Waals surface area contributed by atoms with Gasteiger partial charge in [0.05, 0.1) is 13.2 Å². The molecule has 1 aliphatic rings. The molecule has 2 aromatic carbocycles. The fraction of sp³-hybridized carbons (Fsp3) is 0.278. The first-order valence-corrected chi connectivity index (χ1v) is 8.16. The van der Waals surface area contributed by atoms with Crippen LogP contribution in [-0.2, 0) is 6.54 Å². The molecule has 0 aliphatic carbocycles. The third-order valence-corrected chi connectivity index (χ3v) is 4.63. The zero-order valence-electron chi connectivity index (χ0n) is 12.7. The van der Waals surface area contributed by atoms with Crippen molar-refractivity contribution in [1.82, 2.24) is 4.90 Å². The first-order valence-electron chi connectivity index (χ1n) is 7.37. The molecule has 1 heterocycles. The number of hydrogen-bond acceptors (Lipinski definition) is 2. The largest absolute Gasteiger partial charge is 0.497 e. The van der Waals surface area contributed by atoms with Crippen LogP contribution in [0.25, 0.3) is 0 Å². The number of fused-ring (bicyclic) bond motifs is 1. The number of amides is 1. The van der Waals surface area contributed by atoms with E-state index in [1.54, 1.807) is 7.11 Å². The number of halogens is 1. The molecule has 2 aromatic rings. The van der Waals surface area contributed by atoms with Crippen LogP contribution in [0.1, 0.15) is 40.9 Å². The van der Waals surface area contributed by atoms with E-state index in [2.05, 4.69) is 28.9 Å². The van der Waals surface area contributed by atoms with Gasteiger partial charge in [0.2, 0.25) is 0 Å². The number of methoxy groups -OCH3 is 1. The number of nitrogens with zero attached hydrogens (tertiary/aromatic N) is 1. The zero-order chi connectivity index (χ0) is 15.7. The zero-order valence-corrected chi connectivity index (χ0v) is 14.3. The molecule has 1 atom stereocenters. The van der Waals surface area contributed by atoms with Crippen LogP contribution in [0.5, 0.6) is 5.75 Å². The Kier molecular flexibility index (Phi) is 4.21. The van der Waals surface area contributed by atoms with E-state index < -0.39 is 0 Å². The van der Waals surface area contributed by atoms with E-state index in [0.717, 1.165) is 33.3 Å². The third kappa shape index (κ3) is 2.63. The van der Waals surface area contributed by atoms with Gasteiger partial charge in [-0.3, -0.25) is 4.79 Å². The smallest absolute Gasteiger partial charge is 0.255 e. The van der Waals surface area contributed by atoms with E-state index in [9.17, 15) is 4.79 Å². The van der Waals surface area contributed by atoms with E-state index in [-0.39, 0.29) is 11.9 Å². The normalized spacial score (nSPS) is 16.8. The quantitative estimate of drug-likeness (QED) is 0.800. The predicted molar refractivity (Wildman–Crippen MR) is 90.0 cm³/mol. The summed E-state index contributed by atoms with van der Waals surface area (Å²) in [6, 6.07) is 13.9. The Morgan fingerprint density at radius 3 is 2.55 bits per heavy atom. The Labute approximate surface area is 139 Å². The van der Waals surface area contributed by atoms with Crippen LogP contribution in [0.3, 0.4) is 0 Å². The average Bonchev–Trinajstić information content (AvgIpc) is 2.79. The van der Waals surface area contributed by atoms with E-state index in [1.807, 2.05) is 41.3 Å². The molecule has 0 spiro atoms. The molecule has 4 heteroatoms. The third-order valence-electron chi connectivity index (χ3n) is 4.14. The lowest BCUT2D eigenvalue weighted by Crippen LogP contribution is -2.27.